The van der Waals surface area contributed by atoms with Crippen molar-refractivity contribution < 1.29 is 14.1 Å². The SMILES string of the molecule is O=C1NCCCCCCN(C(=O)C2CCC2)[C@H]2C[C@H](c3nc(-c4cccnc4)no3)C[C@@H]12. The fourth-order valence-electron chi connectivity index (χ4n) is 5.29. The Bertz CT molecular complexity index is 942. The molecule has 0 aromatic carbocycles. The molecule has 8 heteroatoms. The Balaban J connectivity index is 1.40. The molecule has 3 heterocycles. The van der Waals surface area contributed by atoms with Crippen molar-refractivity contribution in [3.8, 4) is 11.4 Å². The van der Waals surface area contributed by atoms with Gasteiger partial charge in [-0.15, -0.1) is 0 Å². The van der Waals surface area contributed by atoms with Gasteiger partial charge in [-0.2, -0.15) is 4.98 Å². The van der Waals surface area contributed by atoms with Crippen LogP contribution in [0.4, 0.5) is 0 Å². The second-order valence-electron chi connectivity index (χ2n) is 9.40. The van der Waals surface area contributed by atoms with Crippen LogP contribution in [-0.2, 0) is 9.59 Å². The van der Waals surface area contributed by atoms with Crippen molar-refractivity contribution >= 4 is 11.8 Å². The smallest absolute Gasteiger partial charge is 0.230 e. The van der Waals surface area contributed by atoms with Crippen molar-refractivity contribution in [2.45, 2.75) is 69.7 Å². The molecule has 2 amide bonds. The molecule has 0 spiro atoms. The molecule has 2 aliphatic carbocycles. The van der Waals surface area contributed by atoms with Gasteiger partial charge < -0.3 is 14.7 Å². The van der Waals surface area contributed by atoms with Gasteiger partial charge in [-0.1, -0.05) is 24.4 Å². The summed E-state index contributed by atoms with van der Waals surface area (Å²) in [6, 6.07) is 3.62. The van der Waals surface area contributed by atoms with E-state index < -0.39 is 0 Å². The first-order valence-electron chi connectivity index (χ1n) is 12.0. The molecule has 32 heavy (non-hydrogen) atoms. The van der Waals surface area contributed by atoms with Crippen molar-refractivity contribution in [3.05, 3.63) is 30.4 Å². The predicted octanol–water partition coefficient (Wildman–Crippen LogP) is 3.31. The number of aromatic nitrogens is 3. The average molecular weight is 438 g/mol. The standard InChI is InChI=1S/C24H31N5O3/c30-22-19-13-18(23-27-21(28-32-23)17-9-6-10-25-15-17)14-20(19)29(24(31)16-7-5-8-16)12-4-2-1-3-11-26-22/h6,9-10,15-16,18-20H,1-5,7-8,11-14H2,(H,26,30)/t18-,19-,20+/m1/s1. The van der Waals surface area contributed by atoms with Crippen LogP contribution in [0.5, 0.6) is 0 Å². The van der Waals surface area contributed by atoms with Gasteiger partial charge in [0.2, 0.25) is 23.5 Å². The summed E-state index contributed by atoms with van der Waals surface area (Å²) in [7, 11) is 0. The zero-order valence-electron chi connectivity index (χ0n) is 18.4. The number of amides is 2. The molecular formula is C24H31N5O3. The topological polar surface area (TPSA) is 101 Å². The van der Waals surface area contributed by atoms with Crippen LogP contribution in [0.1, 0.15) is 69.6 Å². The molecule has 170 valence electrons. The normalized spacial score (nSPS) is 27.2. The summed E-state index contributed by atoms with van der Waals surface area (Å²) in [6.07, 6.45) is 11.9. The third-order valence-corrected chi connectivity index (χ3v) is 7.34. The van der Waals surface area contributed by atoms with Gasteiger partial charge >= 0.3 is 0 Å². The monoisotopic (exact) mass is 437 g/mol. The molecule has 3 fully saturated rings. The van der Waals surface area contributed by atoms with Gasteiger partial charge in [-0.05, 0) is 50.7 Å². The Hall–Kier alpha value is -2.77. The number of carbonyl (C=O) groups is 2. The summed E-state index contributed by atoms with van der Waals surface area (Å²) < 4.78 is 5.63. The van der Waals surface area contributed by atoms with Gasteiger partial charge in [0.15, 0.2) is 0 Å². The third kappa shape index (κ3) is 4.27. The summed E-state index contributed by atoms with van der Waals surface area (Å²) >= 11 is 0. The van der Waals surface area contributed by atoms with E-state index in [0.717, 1.165) is 57.1 Å². The van der Waals surface area contributed by atoms with Crippen LogP contribution in [-0.4, -0.2) is 51.0 Å². The number of pyridine rings is 1. The van der Waals surface area contributed by atoms with Crippen molar-refractivity contribution in [3.63, 3.8) is 0 Å². The molecule has 0 unspecified atom stereocenters. The minimum atomic E-state index is -0.240. The summed E-state index contributed by atoms with van der Waals surface area (Å²) in [5.41, 5.74) is 0.801. The maximum Gasteiger partial charge on any atom is 0.230 e. The maximum absolute atomic E-state index is 13.3. The summed E-state index contributed by atoms with van der Waals surface area (Å²) in [5, 5.41) is 7.26. The Morgan fingerprint density at radius 1 is 1.12 bits per heavy atom. The quantitative estimate of drug-likeness (QED) is 0.791. The molecule has 0 radical (unpaired) electrons. The second-order valence-corrected chi connectivity index (χ2v) is 9.40. The van der Waals surface area contributed by atoms with Gasteiger partial charge in [0, 0.05) is 48.9 Å². The van der Waals surface area contributed by atoms with E-state index in [1.165, 1.54) is 0 Å². The molecule has 2 saturated carbocycles. The number of rotatable bonds is 3. The minimum absolute atomic E-state index is 0.0340. The first-order chi connectivity index (χ1) is 15.7. The largest absolute Gasteiger partial charge is 0.356 e. The molecule has 2 aromatic rings. The zero-order valence-corrected chi connectivity index (χ0v) is 18.4. The number of hydrogen-bond acceptors (Lipinski definition) is 6. The molecule has 5 rings (SSSR count). The number of hydrogen-bond donors (Lipinski definition) is 1. The van der Waals surface area contributed by atoms with Crippen molar-refractivity contribution in [2.75, 3.05) is 13.1 Å². The summed E-state index contributed by atoms with van der Waals surface area (Å²) in [6.45, 7) is 1.44. The fraction of sp³-hybridized carbons (Fsp3) is 0.625. The van der Waals surface area contributed by atoms with Gasteiger partial charge in [-0.25, -0.2) is 0 Å². The highest BCUT2D eigenvalue weighted by Gasteiger charge is 2.46. The molecule has 8 nitrogen and oxygen atoms in total. The van der Waals surface area contributed by atoms with Gasteiger partial charge in [-0.3, -0.25) is 14.6 Å². The Morgan fingerprint density at radius 3 is 2.78 bits per heavy atom. The maximum atomic E-state index is 13.3. The molecule has 2 aromatic heterocycles. The van der Waals surface area contributed by atoms with Crippen molar-refractivity contribution in [1.82, 2.24) is 25.3 Å². The van der Waals surface area contributed by atoms with E-state index in [-0.39, 0.29) is 35.6 Å². The van der Waals surface area contributed by atoms with Crippen LogP contribution in [0.3, 0.4) is 0 Å². The molecule has 0 bridgehead atoms. The van der Waals surface area contributed by atoms with Crippen LogP contribution in [0.25, 0.3) is 11.4 Å². The van der Waals surface area contributed by atoms with E-state index in [1.807, 2.05) is 17.0 Å². The summed E-state index contributed by atoms with van der Waals surface area (Å²) in [4.78, 5) is 37.3. The Morgan fingerprint density at radius 2 is 2.00 bits per heavy atom. The van der Waals surface area contributed by atoms with E-state index in [1.54, 1.807) is 12.4 Å². The number of nitrogens with one attached hydrogen (secondary N) is 1. The zero-order chi connectivity index (χ0) is 21.9. The molecule has 1 N–H and O–H groups in total. The third-order valence-electron chi connectivity index (χ3n) is 7.34. The molecule has 1 saturated heterocycles. The molecular weight excluding hydrogens is 406 g/mol. The highest BCUT2D eigenvalue weighted by atomic mass is 16.5. The molecule has 3 atom stereocenters. The lowest BCUT2D eigenvalue weighted by Gasteiger charge is -2.37. The van der Waals surface area contributed by atoms with Crippen LogP contribution >= 0.6 is 0 Å². The van der Waals surface area contributed by atoms with Crippen LogP contribution < -0.4 is 5.32 Å². The van der Waals surface area contributed by atoms with Crippen LogP contribution in [0, 0.1) is 11.8 Å². The second kappa shape index (κ2) is 9.38. The minimum Gasteiger partial charge on any atom is -0.356 e. The lowest BCUT2D eigenvalue weighted by molar-refractivity contribution is -0.142. The van der Waals surface area contributed by atoms with E-state index in [9.17, 15) is 9.59 Å². The predicted molar refractivity (Wildman–Crippen MR) is 117 cm³/mol. The number of carbonyl (C=O) groups excluding carboxylic acids is 2. The van der Waals surface area contributed by atoms with Gasteiger partial charge in [0.1, 0.15) is 0 Å². The van der Waals surface area contributed by atoms with E-state index in [2.05, 4.69) is 20.4 Å². The highest BCUT2D eigenvalue weighted by molar-refractivity contribution is 5.83. The highest BCUT2D eigenvalue weighted by Crippen LogP contribution is 2.42. The van der Waals surface area contributed by atoms with Crippen LogP contribution in [0.15, 0.2) is 29.0 Å². The lowest BCUT2D eigenvalue weighted by Crippen LogP contribution is -2.50. The Labute approximate surface area is 188 Å². The van der Waals surface area contributed by atoms with Crippen molar-refractivity contribution in [2.24, 2.45) is 11.8 Å². The van der Waals surface area contributed by atoms with Gasteiger partial charge in [0.25, 0.3) is 0 Å². The van der Waals surface area contributed by atoms with E-state index in [0.29, 0.717) is 31.1 Å². The van der Waals surface area contributed by atoms with Crippen LogP contribution in [0.2, 0.25) is 0 Å². The molecule has 3 aliphatic rings. The number of fused-ring (bicyclic) bond motifs is 1. The number of nitrogens with zero attached hydrogens (tertiary/aromatic N) is 4. The van der Waals surface area contributed by atoms with E-state index in [4.69, 9.17) is 4.52 Å². The first kappa shape index (κ1) is 21.1. The van der Waals surface area contributed by atoms with Gasteiger partial charge in [0.05, 0.1) is 5.92 Å². The first-order valence-corrected chi connectivity index (χ1v) is 12.0. The summed E-state index contributed by atoms with van der Waals surface area (Å²) in [5.74, 6) is 1.20. The Kier molecular flexibility index (Phi) is 6.19. The average Bonchev–Trinajstić information content (AvgIpc) is 3.42. The van der Waals surface area contributed by atoms with E-state index >= 15 is 0 Å². The lowest BCUT2D eigenvalue weighted by atomic mass is 9.83. The fourth-order valence-corrected chi connectivity index (χ4v) is 5.29. The molecule has 1 aliphatic heterocycles. The van der Waals surface area contributed by atoms with Crippen molar-refractivity contribution in [1.29, 1.82) is 0 Å².